The first-order chi connectivity index (χ1) is 11.6. The minimum absolute atomic E-state index is 0.00962. The summed E-state index contributed by atoms with van der Waals surface area (Å²) in [6.07, 6.45) is 0. The molecule has 132 valence electrons. The zero-order chi connectivity index (χ0) is 17.4. The van der Waals surface area contributed by atoms with Crippen LogP contribution in [-0.4, -0.2) is 74.7 Å². The van der Waals surface area contributed by atoms with Crippen molar-refractivity contribution in [3.63, 3.8) is 0 Å². The molecule has 0 radical (unpaired) electrons. The number of hydrogen-bond acceptors (Lipinski definition) is 4. The lowest BCUT2D eigenvalue weighted by Gasteiger charge is -2.34. The zero-order valence-corrected chi connectivity index (χ0v) is 14.4. The first kappa shape index (κ1) is 18.2. The van der Waals surface area contributed by atoms with Crippen molar-refractivity contribution in [3.05, 3.63) is 29.8 Å². The van der Waals surface area contributed by atoms with Crippen molar-refractivity contribution >= 4 is 17.6 Å². The van der Waals surface area contributed by atoms with Gasteiger partial charge in [-0.15, -0.1) is 0 Å². The predicted molar refractivity (Wildman–Crippen MR) is 93.1 cm³/mol. The van der Waals surface area contributed by atoms with E-state index < -0.39 is 0 Å². The molecule has 0 aliphatic carbocycles. The van der Waals surface area contributed by atoms with Crippen molar-refractivity contribution in [1.29, 1.82) is 0 Å². The van der Waals surface area contributed by atoms with Crippen molar-refractivity contribution in [2.24, 2.45) is 0 Å². The second-order valence-corrected chi connectivity index (χ2v) is 5.90. The Morgan fingerprint density at radius 3 is 2.42 bits per heavy atom. The third kappa shape index (κ3) is 5.82. The molecule has 0 bridgehead atoms. The highest BCUT2D eigenvalue weighted by Gasteiger charge is 2.22. The van der Waals surface area contributed by atoms with E-state index in [0.29, 0.717) is 45.9 Å². The Balaban J connectivity index is 1.70. The maximum Gasteiger partial charge on any atom is 0.321 e. The molecule has 0 aromatic heterocycles. The van der Waals surface area contributed by atoms with Crippen molar-refractivity contribution < 1.29 is 14.3 Å². The quantitative estimate of drug-likeness (QED) is 0.759. The summed E-state index contributed by atoms with van der Waals surface area (Å²) in [5, 5.41) is 5.71. The molecule has 0 unspecified atom stereocenters. The predicted octanol–water partition coefficient (Wildman–Crippen LogP) is 0.907. The van der Waals surface area contributed by atoms with Crippen LogP contribution in [0.5, 0.6) is 0 Å². The Morgan fingerprint density at radius 1 is 1.12 bits per heavy atom. The molecule has 1 heterocycles. The lowest BCUT2D eigenvalue weighted by atomic mass is 10.2. The number of ether oxygens (including phenoxy) is 1. The molecule has 1 aromatic carbocycles. The number of nitrogens with zero attached hydrogens (tertiary/aromatic N) is 2. The summed E-state index contributed by atoms with van der Waals surface area (Å²) in [5.41, 5.74) is 1.95. The molecule has 7 nitrogen and oxygen atoms in total. The molecule has 1 fully saturated rings. The third-order valence-electron chi connectivity index (χ3n) is 3.96. The fourth-order valence-electron chi connectivity index (χ4n) is 2.50. The lowest BCUT2D eigenvalue weighted by molar-refractivity contribution is -0.122. The molecule has 0 atom stereocenters. The molecule has 3 amide bonds. The number of hydrogen-bond donors (Lipinski definition) is 2. The van der Waals surface area contributed by atoms with E-state index in [1.54, 1.807) is 12.0 Å². The largest absolute Gasteiger partial charge is 0.383 e. The normalized spacial score (nSPS) is 15.2. The molecule has 0 saturated carbocycles. The first-order valence-corrected chi connectivity index (χ1v) is 8.19. The maximum atomic E-state index is 12.3. The summed E-state index contributed by atoms with van der Waals surface area (Å²) in [4.78, 5) is 27.9. The van der Waals surface area contributed by atoms with Crippen LogP contribution in [0.3, 0.4) is 0 Å². The number of urea groups is 1. The molecule has 1 aliphatic heterocycles. The maximum absolute atomic E-state index is 12.3. The molecular weight excluding hydrogens is 308 g/mol. The van der Waals surface area contributed by atoms with E-state index in [-0.39, 0.29) is 11.9 Å². The number of benzene rings is 1. The molecule has 1 saturated heterocycles. The summed E-state index contributed by atoms with van der Waals surface area (Å²) in [5.74, 6) is -0.00962. The number of aryl methyl sites for hydroxylation is 1. The average Bonchev–Trinajstić information content (AvgIpc) is 2.58. The van der Waals surface area contributed by atoms with Gasteiger partial charge in [-0.1, -0.05) is 17.7 Å². The zero-order valence-electron chi connectivity index (χ0n) is 14.4. The average molecular weight is 334 g/mol. The summed E-state index contributed by atoms with van der Waals surface area (Å²) < 4.78 is 4.90. The monoisotopic (exact) mass is 334 g/mol. The van der Waals surface area contributed by atoms with Gasteiger partial charge in [0.05, 0.1) is 13.2 Å². The Labute approximate surface area is 142 Å². The van der Waals surface area contributed by atoms with E-state index in [1.165, 1.54) is 0 Å². The first-order valence-electron chi connectivity index (χ1n) is 8.19. The van der Waals surface area contributed by atoms with Crippen molar-refractivity contribution in [2.75, 3.05) is 58.3 Å². The fraction of sp³-hybridized carbons (Fsp3) is 0.529. The van der Waals surface area contributed by atoms with E-state index >= 15 is 0 Å². The van der Waals surface area contributed by atoms with Crippen molar-refractivity contribution in [3.8, 4) is 0 Å². The number of methoxy groups -OCH3 is 1. The lowest BCUT2D eigenvalue weighted by Crippen LogP contribution is -2.52. The second kappa shape index (κ2) is 9.24. The van der Waals surface area contributed by atoms with Gasteiger partial charge in [0.2, 0.25) is 5.91 Å². The number of amides is 3. The Hall–Kier alpha value is -2.12. The molecule has 2 rings (SSSR count). The molecular formula is C17H26N4O3. The molecule has 0 spiro atoms. The summed E-state index contributed by atoms with van der Waals surface area (Å²) >= 11 is 0. The highest BCUT2D eigenvalue weighted by Crippen LogP contribution is 2.10. The smallest absolute Gasteiger partial charge is 0.321 e. The van der Waals surface area contributed by atoms with Gasteiger partial charge >= 0.3 is 6.03 Å². The number of rotatable bonds is 6. The number of piperazine rings is 1. The Kier molecular flexibility index (Phi) is 7.02. The minimum atomic E-state index is -0.0944. The van der Waals surface area contributed by atoms with Crippen LogP contribution < -0.4 is 10.6 Å². The van der Waals surface area contributed by atoms with Crippen LogP contribution in [0.4, 0.5) is 10.5 Å². The van der Waals surface area contributed by atoms with Gasteiger partial charge < -0.3 is 20.3 Å². The molecule has 7 heteroatoms. The van der Waals surface area contributed by atoms with Gasteiger partial charge in [0.25, 0.3) is 0 Å². The van der Waals surface area contributed by atoms with E-state index in [0.717, 1.165) is 11.3 Å². The van der Waals surface area contributed by atoms with Crippen molar-refractivity contribution in [2.45, 2.75) is 6.92 Å². The number of nitrogens with one attached hydrogen (secondary N) is 2. The molecule has 1 aromatic rings. The van der Waals surface area contributed by atoms with Gasteiger partial charge in [-0.05, 0) is 19.1 Å². The molecule has 24 heavy (non-hydrogen) atoms. The number of anilines is 1. The Morgan fingerprint density at radius 2 is 1.79 bits per heavy atom. The van der Waals surface area contributed by atoms with Gasteiger partial charge in [-0.2, -0.15) is 0 Å². The van der Waals surface area contributed by atoms with Gasteiger partial charge in [0.1, 0.15) is 0 Å². The second-order valence-electron chi connectivity index (χ2n) is 5.90. The molecule has 1 aliphatic rings. The number of carbonyl (C=O) groups is 2. The molecule has 2 N–H and O–H groups in total. The fourth-order valence-corrected chi connectivity index (χ4v) is 2.50. The van der Waals surface area contributed by atoms with Crippen LogP contribution in [-0.2, 0) is 9.53 Å². The van der Waals surface area contributed by atoms with Gasteiger partial charge in [-0.3, -0.25) is 9.69 Å². The summed E-state index contributed by atoms with van der Waals surface area (Å²) in [6, 6.07) is 7.63. The van der Waals surface area contributed by atoms with E-state index in [9.17, 15) is 9.59 Å². The minimum Gasteiger partial charge on any atom is -0.383 e. The van der Waals surface area contributed by atoms with Crippen LogP contribution in [0, 0.1) is 6.92 Å². The van der Waals surface area contributed by atoms with Crippen molar-refractivity contribution in [1.82, 2.24) is 15.1 Å². The van der Waals surface area contributed by atoms with Gasteiger partial charge in [-0.25, -0.2) is 4.79 Å². The van der Waals surface area contributed by atoms with Crippen LogP contribution in [0.25, 0.3) is 0 Å². The van der Waals surface area contributed by atoms with Crippen LogP contribution in [0.15, 0.2) is 24.3 Å². The highest BCUT2D eigenvalue weighted by molar-refractivity contribution is 5.89. The summed E-state index contributed by atoms with van der Waals surface area (Å²) in [6.45, 7) is 6.02. The summed E-state index contributed by atoms with van der Waals surface area (Å²) in [7, 11) is 1.60. The highest BCUT2D eigenvalue weighted by atomic mass is 16.5. The van der Waals surface area contributed by atoms with E-state index in [1.807, 2.05) is 31.2 Å². The van der Waals surface area contributed by atoms with Crippen LogP contribution in [0.1, 0.15) is 5.56 Å². The number of carbonyl (C=O) groups excluding carboxylic acids is 2. The SMILES string of the molecule is COCCNC(=O)CN1CCN(C(=O)Nc2ccc(C)cc2)CC1. The standard InChI is InChI=1S/C17H26N4O3/c1-14-3-5-15(6-4-14)19-17(23)21-10-8-20(9-11-21)13-16(22)18-7-12-24-2/h3-6H,7-13H2,1-2H3,(H,18,22)(H,19,23). The van der Waals surface area contributed by atoms with E-state index in [2.05, 4.69) is 15.5 Å². The third-order valence-corrected chi connectivity index (χ3v) is 3.96. The Bertz CT molecular complexity index is 539. The van der Waals surface area contributed by atoms with Crippen LogP contribution in [0.2, 0.25) is 0 Å². The van der Waals surface area contributed by atoms with Gasteiger partial charge in [0, 0.05) is 45.5 Å². The van der Waals surface area contributed by atoms with Crippen LogP contribution >= 0.6 is 0 Å². The van der Waals surface area contributed by atoms with Gasteiger partial charge in [0.15, 0.2) is 0 Å². The van der Waals surface area contributed by atoms with E-state index in [4.69, 9.17) is 4.74 Å². The topological polar surface area (TPSA) is 73.9 Å².